The second-order valence-electron chi connectivity index (χ2n) is 3.23. The summed E-state index contributed by atoms with van der Waals surface area (Å²) < 4.78 is 6.68. The summed E-state index contributed by atoms with van der Waals surface area (Å²) in [5.74, 6) is 0.397. The quantitative estimate of drug-likeness (QED) is 0.521. The Bertz CT molecular complexity index is 174. The molecule has 1 aliphatic rings. The van der Waals surface area contributed by atoms with Crippen molar-refractivity contribution < 1.29 is 9.53 Å². The van der Waals surface area contributed by atoms with E-state index in [1.165, 1.54) is 0 Å². The zero-order valence-electron chi connectivity index (χ0n) is 7.49. The highest BCUT2D eigenvalue weighted by Crippen LogP contribution is 2.24. The van der Waals surface area contributed by atoms with Gasteiger partial charge in [-0.05, 0) is 19.3 Å². The summed E-state index contributed by atoms with van der Waals surface area (Å²) in [5, 5.41) is 0. The third-order valence-corrected chi connectivity index (χ3v) is 2.48. The SMILES string of the molecule is CCOC(=O)C1CC(C)CN1S. The monoisotopic (exact) mass is 189 g/mol. The molecule has 1 saturated heterocycles. The van der Waals surface area contributed by atoms with Crippen LogP contribution < -0.4 is 0 Å². The van der Waals surface area contributed by atoms with Gasteiger partial charge in [-0.2, -0.15) is 0 Å². The van der Waals surface area contributed by atoms with Crippen LogP contribution in [0.5, 0.6) is 0 Å². The van der Waals surface area contributed by atoms with Crippen molar-refractivity contribution >= 4 is 18.8 Å². The number of rotatable bonds is 2. The van der Waals surface area contributed by atoms with Crippen LogP contribution in [0.15, 0.2) is 0 Å². The molecule has 1 aliphatic heterocycles. The third-order valence-electron chi connectivity index (χ3n) is 2.04. The Kier molecular flexibility index (Phi) is 3.40. The minimum absolute atomic E-state index is 0.136. The maximum Gasteiger partial charge on any atom is 0.324 e. The van der Waals surface area contributed by atoms with Gasteiger partial charge in [0.05, 0.1) is 6.61 Å². The molecule has 2 unspecified atom stereocenters. The van der Waals surface area contributed by atoms with E-state index < -0.39 is 0 Å². The molecule has 0 bridgehead atoms. The largest absolute Gasteiger partial charge is 0.465 e. The van der Waals surface area contributed by atoms with Crippen LogP contribution in [0.2, 0.25) is 0 Å². The average Bonchev–Trinajstić information content (AvgIpc) is 2.30. The molecular weight excluding hydrogens is 174 g/mol. The van der Waals surface area contributed by atoms with E-state index in [9.17, 15) is 4.79 Å². The summed E-state index contributed by atoms with van der Waals surface area (Å²) >= 11 is 4.21. The van der Waals surface area contributed by atoms with Gasteiger partial charge in [0.25, 0.3) is 0 Å². The zero-order valence-corrected chi connectivity index (χ0v) is 8.38. The molecule has 0 aliphatic carbocycles. The van der Waals surface area contributed by atoms with Crippen molar-refractivity contribution in [1.29, 1.82) is 0 Å². The third kappa shape index (κ3) is 2.14. The molecule has 0 saturated carbocycles. The van der Waals surface area contributed by atoms with Gasteiger partial charge in [0.2, 0.25) is 0 Å². The van der Waals surface area contributed by atoms with E-state index in [0.29, 0.717) is 12.5 Å². The number of hydrogen-bond acceptors (Lipinski definition) is 4. The van der Waals surface area contributed by atoms with Crippen LogP contribution in [0.1, 0.15) is 20.3 Å². The van der Waals surface area contributed by atoms with E-state index in [-0.39, 0.29) is 12.0 Å². The normalized spacial score (nSPS) is 30.6. The van der Waals surface area contributed by atoms with Gasteiger partial charge in [-0.3, -0.25) is 4.79 Å². The first-order valence-electron chi connectivity index (χ1n) is 4.27. The Morgan fingerprint density at radius 3 is 2.83 bits per heavy atom. The molecule has 0 aromatic carbocycles. The van der Waals surface area contributed by atoms with E-state index in [1.807, 2.05) is 6.92 Å². The molecule has 12 heavy (non-hydrogen) atoms. The summed E-state index contributed by atoms with van der Waals surface area (Å²) in [7, 11) is 0. The molecule has 1 heterocycles. The Balaban J connectivity index is 2.46. The van der Waals surface area contributed by atoms with Crippen molar-refractivity contribution in [1.82, 2.24) is 4.31 Å². The van der Waals surface area contributed by atoms with Crippen LogP contribution in [0.25, 0.3) is 0 Å². The van der Waals surface area contributed by atoms with Gasteiger partial charge in [-0.15, -0.1) is 0 Å². The van der Waals surface area contributed by atoms with Crippen LogP contribution in [-0.2, 0) is 9.53 Å². The highest BCUT2D eigenvalue weighted by molar-refractivity contribution is 7.77. The first kappa shape index (κ1) is 9.86. The number of ether oxygens (including phenoxy) is 1. The van der Waals surface area contributed by atoms with Crippen LogP contribution in [0.3, 0.4) is 0 Å². The molecule has 3 nitrogen and oxygen atoms in total. The molecule has 0 aromatic heterocycles. The number of hydrogen-bond donors (Lipinski definition) is 1. The Labute approximate surface area is 78.6 Å². The minimum Gasteiger partial charge on any atom is -0.465 e. The van der Waals surface area contributed by atoms with Crippen molar-refractivity contribution in [2.75, 3.05) is 13.2 Å². The number of carbonyl (C=O) groups is 1. The van der Waals surface area contributed by atoms with Crippen molar-refractivity contribution in [2.45, 2.75) is 26.3 Å². The number of esters is 1. The molecule has 2 atom stereocenters. The standard InChI is InChI=1S/C8H15NO2S/c1-3-11-8(10)7-4-6(2)5-9(7)12/h6-7,12H,3-5H2,1-2H3. The lowest BCUT2D eigenvalue weighted by molar-refractivity contribution is -0.146. The fraction of sp³-hybridized carbons (Fsp3) is 0.875. The van der Waals surface area contributed by atoms with Gasteiger partial charge in [-0.1, -0.05) is 19.7 Å². The molecule has 0 spiro atoms. The van der Waals surface area contributed by atoms with Crippen molar-refractivity contribution in [3.63, 3.8) is 0 Å². The number of nitrogens with zero attached hydrogens (tertiary/aromatic N) is 1. The maximum atomic E-state index is 11.3. The summed E-state index contributed by atoms with van der Waals surface area (Å²) in [4.78, 5) is 11.3. The lowest BCUT2D eigenvalue weighted by Gasteiger charge is -2.15. The highest BCUT2D eigenvalue weighted by Gasteiger charge is 2.33. The van der Waals surface area contributed by atoms with E-state index in [1.54, 1.807) is 4.31 Å². The molecule has 1 rings (SSSR count). The average molecular weight is 189 g/mol. The summed E-state index contributed by atoms with van der Waals surface area (Å²) in [6.07, 6.45) is 0.863. The Hall–Kier alpha value is -0.220. The summed E-state index contributed by atoms with van der Waals surface area (Å²) in [6, 6.07) is -0.136. The topological polar surface area (TPSA) is 29.5 Å². The lowest BCUT2D eigenvalue weighted by atomic mass is 10.1. The zero-order chi connectivity index (χ0) is 9.14. The fourth-order valence-electron chi connectivity index (χ4n) is 1.48. The number of carbonyl (C=O) groups excluding carboxylic acids is 1. The smallest absolute Gasteiger partial charge is 0.324 e. The highest BCUT2D eigenvalue weighted by atomic mass is 32.1. The summed E-state index contributed by atoms with van der Waals surface area (Å²) in [6.45, 7) is 5.25. The second kappa shape index (κ2) is 4.14. The molecule has 0 radical (unpaired) electrons. The van der Waals surface area contributed by atoms with Gasteiger partial charge in [0.15, 0.2) is 0 Å². The van der Waals surface area contributed by atoms with Gasteiger partial charge in [-0.25, -0.2) is 4.31 Å². The molecular formula is C8H15NO2S. The van der Waals surface area contributed by atoms with Gasteiger partial charge in [0.1, 0.15) is 6.04 Å². The predicted octanol–water partition coefficient (Wildman–Crippen LogP) is 1.10. The maximum absolute atomic E-state index is 11.3. The van der Waals surface area contributed by atoms with Gasteiger partial charge < -0.3 is 4.74 Å². The van der Waals surface area contributed by atoms with Crippen LogP contribution in [0.4, 0.5) is 0 Å². The molecule has 0 aromatic rings. The summed E-state index contributed by atoms with van der Waals surface area (Å²) in [5.41, 5.74) is 0. The molecule has 4 heteroatoms. The van der Waals surface area contributed by atoms with E-state index in [2.05, 4.69) is 19.7 Å². The first-order chi connectivity index (χ1) is 5.65. The van der Waals surface area contributed by atoms with Crippen molar-refractivity contribution in [2.24, 2.45) is 5.92 Å². The Morgan fingerprint density at radius 1 is 1.75 bits per heavy atom. The molecule has 70 valence electrons. The van der Waals surface area contributed by atoms with Crippen molar-refractivity contribution in [3.05, 3.63) is 0 Å². The molecule has 0 N–H and O–H groups in total. The minimum atomic E-state index is -0.142. The number of thiol groups is 1. The van der Waals surface area contributed by atoms with E-state index >= 15 is 0 Å². The van der Waals surface area contributed by atoms with Crippen LogP contribution in [-0.4, -0.2) is 29.5 Å². The molecule has 1 fully saturated rings. The second-order valence-corrected chi connectivity index (χ2v) is 3.74. The van der Waals surface area contributed by atoms with Crippen LogP contribution >= 0.6 is 12.8 Å². The van der Waals surface area contributed by atoms with Gasteiger partial charge >= 0.3 is 5.97 Å². The lowest BCUT2D eigenvalue weighted by Crippen LogP contribution is -2.31. The predicted molar refractivity (Wildman–Crippen MR) is 49.9 cm³/mol. The van der Waals surface area contributed by atoms with E-state index in [0.717, 1.165) is 13.0 Å². The molecule has 0 amide bonds. The van der Waals surface area contributed by atoms with Crippen LogP contribution in [0, 0.1) is 5.92 Å². The first-order valence-corrected chi connectivity index (χ1v) is 4.67. The van der Waals surface area contributed by atoms with E-state index in [4.69, 9.17) is 4.74 Å². The van der Waals surface area contributed by atoms with Gasteiger partial charge in [0, 0.05) is 6.54 Å². The Morgan fingerprint density at radius 2 is 2.42 bits per heavy atom. The van der Waals surface area contributed by atoms with Crippen molar-refractivity contribution in [3.8, 4) is 0 Å². The fourth-order valence-corrected chi connectivity index (χ4v) is 1.95.